The molecule has 1 saturated heterocycles. The highest BCUT2D eigenvalue weighted by molar-refractivity contribution is 4.93. The van der Waals surface area contributed by atoms with E-state index in [9.17, 15) is 0 Å². The molecule has 0 saturated carbocycles. The van der Waals surface area contributed by atoms with Crippen LogP contribution in [0.4, 0.5) is 0 Å². The summed E-state index contributed by atoms with van der Waals surface area (Å²) in [4.78, 5) is 0. The maximum Gasteiger partial charge on any atom is 0.0684 e. The minimum Gasteiger partial charge on any atom is -0.378 e. The molecule has 62 valence electrons. The van der Waals surface area contributed by atoms with Gasteiger partial charge in [-0.25, -0.2) is 0 Å². The van der Waals surface area contributed by atoms with Crippen molar-refractivity contribution < 1.29 is 4.74 Å². The van der Waals surface area contributed by atoms with Gasteiger partial charge in [0.15, 0.2) is 0 Å². The van der Waals surface area contributed by atoms with Crippen molar-refractivity contribution in [2.75, 3.05) is 6.61 Å². The van der Waals surface area contributed by atoms with Gasteiger partial charge in [-0.15, -0.1) is 0 Å². The van der Waals surface area contributed by atoms with Gasteiger partial charge in [0.25, 0.3) is 0 Å². The van der Waals surface area contributed by atoms with E-state index in [1.165, 1.54) is 0 Å². The highest BCUT2D eigenvalue weighted by Gasteiger charge is 2.25. The van der Waals surface area contributed by atoms with E-state index in [0.29, 0.717) is 6.10 Å². The van der Waals surface area contributed by atoms with Crippen molar-refractivity contribution in [2.24, 2.45) is 5.41 Å². The molecule has 1 aliphatic heterocycles. The average Bonchev–Trinajstić information content (AvgIpc) is 2.39. The van der Waals surface area contributed by atoms with Crippen LogP contribution in [0.1, 0.15) is 33.1 Å². The van der Waals surface area contributed by atoms with E-state index in [1.54, 1.807) is 0 Å². The quantitative estimate of drug-likeness (QED) is 0.608. The van der Waals surface area contributed by atoms with Gasteiger partial charge in [0.2, 0.25) is 0 Å². The average molecular weight is 153 g/mol. The van der Waals surface area contributed by atoms with E-state index in [4.69, 9.17) is 10.00 Å². The molecule has 1 heterocycles. The smallest absolute Gasteiger partial charge is 0.0684 e. The lowest BCUT2D eigenvalue weighted by Gasteiger charge is -2.19. The van der Waals surface area contributed by atoms with Gasteiger partial charge in [-0.3, -0.25) is 0 Å². The summed E-state index contributed by atoms with van der Waals surface area (Å²) < 4.78 is 5.44. The zero-order valence-electron chi connectivity index (χ0n) is 7.26. The summed E-state index contributed by atoms with van der Waals surface area (Å²) >= 11 is 0. The number of nitriles is 1. The van der Waals surface area contributed by atoms with Crippen LogP contribution in [0.25, 0.3) is 0 Å². The Labute approximate surface area is 68.2 Å². The van der Waals surface area contributed by atoms with E-state index >= 15 is 0 Å². The first kappa shape index (κ1) is 8.55. The number of nitrogens with zero attached hydrogens (tertiary/aromatic N) is 1. The summed E-state index contributed by atoms with van der Waals surface area (Å²) in [7, 11) is 0. The Balaban J connectivity index is 2.35. The van der Waals surface area contributed by atoms with Crippen LogP contribution in [-0.4, -0.2) is 12.7 Å². The van der Waals surface area contributed by atoms with Gasteiger partial charge in [0.1, 0.15) is 0 Å². The van der Waals surface area contributed by atoms with Crippen molar-refractivity contribution in [3.63, 3.8) is 0 Å². The molecule has 0 aliphatic carbocycles. The molecule has 1 rings (SSSR count). The zero-order valence-corrected chi connectivity index (χ0v) is 7.26. The molecule has 0 spiro atoms. The molecular weight excluding hydrogens is 138 g/mol. The van der Waals surface area contributed by atoms with Crippen LogP contribution in [0.2, 0.25) is 0 Å². The number of ether oxygens (including phenoxy) is 1. The Morgan fingerprint density at radius 3 is 2.82 bits per heavy atom. The van der Waals surface area contributed by atoms with Crippen molar-refractivity contribution in [1.82, 2.24) is 0 Å². The predicted molar refractivity (Wildman–Crippen MR) is 43.0 cm³/mol. The van der Waals surface area contributed by atoms with Crippen LogP contribution in [0, 0.1) is 16.7 Å². The molecule has 0 N–H and O–H groups in total. The Morgan fingerprint density at radius 2 is 2.36 bits per heavy atom. The summed E-state index contributed by atoms with van der Waals surface area (Å²) in [5.74, 6) is 0. The molecule has 2 nitrogen and oxygen atoms in total. The van der Waals surface area contributed by atoms with Gasteiger partial charge >= 0.3 is 0 Å². The third kappa shape index (κ3) is 2.51. The first-order valence-corrected chi connectivity index (χ1v) is 4.17. The van der Waals surface area contributed by atoms with Crippen LogP contribution in [-0.2, 0) is 4.74 Å². The van der Waals surface area contributed by atoms with Gasteiger partial charge in [0.05, 0.1) is 17.6 Å². The molecule has 1 unspecified atom stereocenters. The molecule has 1 aliphatic rings. The Hall–Kier alpha value is -0.550. The van der Waals surface area contributed by atoms with Crippen LogP contribution in [0.5, 0.6) is 0 Å². The maximum absolute atomic E-state index is 8.75. The lowest BCUT2D eigenvalue weighted by molar-refractivity contribution is 0.0837. The normalized spacial score (nSPS) is 25.0. The second-order valence-electron chi connectivity index (χ2n) is 3.83. The molecule has 0 aromatic rings. The molecule has 0 radical (unpaired) electrons. The number of rotatable bonds is 2. The minimum atomic E-state index is -0.213. The van der Waals surface area contributed by atoms with Crippen LogP contribution >= 0.6 is 0 Å². The highest BCUT2D eigenvalue weighted by Crippen LogP contribution is 2.27. The molecular formula is C9H15NO. The third-order valence-corrected chi connectivity index (χ3v) is 2.06. The summed E-state index contributed by atoms with van der Waals surface area (Å²) in [6.45, 7) is 4.82. The van der Waals surface area contributed by atoms with Gasteiger partial charge in [0, 0.05) is 6.61 Å². The molecule has 2 heteroatoms. The molecule has 0 aromatic carbocycles. The molecule has 0 aromatic heterocycles. The topological polar surface area (TPSA) is 33.0 Å². The molecule has 1 atom stereocenters. The van der Waals surface area contributed by atoms with E-state index in [-0.39, 0.29) is 5.41 Å². The molecule has 0 bridgehead atoms. The second kappa shape index (κ2) is 3.23. The monoisotopic (exact) mass is 153 g/mol. The third-order valence-electron chi connectivity index (χ3n) is 2.06. The minimum absolute atomic E-state index is 0.213. The number of hydrogen-bond acceptors (Lipinski definition) is 2. The van der Waals surface area contributed by atoms with E-state index in [0.717, 1.165) is 25.9 Å². The van der Waals surface area contributed by atoms with E-state index in [2.05, 4.69) is 6.07 Å². The van der Waals surface area contributed by atoms with Crippen molar-refractivity contribution in [1.29, 1.82) is 5.26 Å². The van der Waals surface area contributed by atoms with Gasteiger partial charge in [-0.1, -0.05) is 0 Å². The lowest BCUT2D eigenvalue weighted by Crippen LogP contribution is -2.18. The van der Waals surface area contributed by atoms with Crippen molar-refractivity contribution in [3.8, 4) is 6.07 Å². The SMILES string of the molecule is CC(C)(C#N)CC1CCCO1. The Kier molecular flexibility index (Phi) is 2.51. The molecule has 11 heavy (non-hydrogen) atoms. The first-order chi connectivity index (χ1) is 5.14. The lowest BCUT2D eigenvalue weighted by atomic mass is 9.88. The summed E-state index contributed by atoms with van der Waals surface area (Å²) in [5.41, 5.74) is -0.213. The standard InChI is InChI=1S/C9H15NO/c1-9(2,7-10)6-8-4-3-5-11-8/h8H,3-6H2,1-2H3. The fourth-order valence-corrected chi connectivity index (χ4v) is 1.42. The summed E-state index contributed by atoms with van der Waals surface area (Å²) in [5, 5.41) is 8.75. The van der Waals surface area contributed by atoms with E-state index < -0.39 is 0 Å². The predicted octanol–water partition coefficient (Wildman–Crippen LogP) is 2.11. The fraction of sp³-hybridized carbons (Fsp3) is 0.889. The summed E-state index contributed by atoms with van der Waals surface area (Å²) in [6.07, 6.45) is 3.51. The van der Waals surface area contributed by atoms with Crippen molar-refractivity contribution >= 4 is 0 Å². The largest absolute Gasteiger partial charge is 0.378 e. The van der Waals surface area contributed by atoms with Crippen LogP contribution in [0.3, 0.4) is 0 Å². The van der Waals surface area contributed by atoms with Crippen molar-refractivity contribution in [3.05, 3.63) is 0 Å². The molecule has 1 fully saturated rings. The van der Waals surface area contributed by atoms with Gasteiger partial charge in [-0.05, 0) is 33.1 Å². The Morgan fingerprint density at radius 1 is 1.64 bits per heavy atom. The number of hydrogen-bond donors (Lipinski definition) is 0. The fourth-order valence-electron chi connectivity index (χ4n) is 1.42. The highest BCUT2D eigenvalue weighted by atomic mass is 16.5. The molecule has 0 amide bonds. The maximum atomic E-state index is 8.75. The van der Waals surface area contributed by atoms with Crippen molar-refractivity contribution in [2.45, 2.75) is 39.2 Å². The van der Waals surface area contributed by atoms with E-state index in [1.807, 2.05) is 13.8 Å². The Bertz CT molecular complexity index is 163. The second-order valence-corrected chi connectivity index (χ2v) is 3.83. The summed E-state index contributed by atoms with van der Waals surface area (Å²) in [6, 6.07) is 2.29. The van der Waals surface area contributed by atoms with Gasteiger partial charge in [-0.2, -0.15) is 5.26 Å². The van der Waals surface area contributed by atoms with Crippen LogP contribution in [0.15, 0.2) is 0 Å². The zero-order chi connectivity index (χ0) is 8.32. The first-order valence-electron chi connectivity index (χ1n) is 4.17. The van der Waals surface area contributed by atoms with Crippen LogP contribution < -0.4 is 0 Å². The van der Waals surface area contributed by atoms with Gasteiger partial charge < -0.3 is 4.74 Å².